The molecule has 2 aliphatic rings. The molecule has 0 bridgehead atoms. The van der Waals surface area contributed by atoms with Gasteiger partial charge in [0.2, 0.25) is 0 Å². The van der Waals surface area contributed by atoms with Crippen LogP contribution in [0.25, 0.3) is 0 Å². The number of hydrazine groups is 1. The molecule has 0 aromatic heterocycles. The molecule has 0 radical (unpaired) electrons. The van der Waals surface area contributed by atoms with Crippen molar-refractivity contribution in [1.29, 1.82) is 0 Å². The van der Waals surface area contributed by atoms with Crippen LogP contribution in [0.1, 0.15) is 0 Å². The van der Waals surface area contributed by atoms with Gasteiger partial charge in [-0.25, -0.2) is 5.43 Å². The van der Waals surface area contributed by atoms with Crippen LogP contribution in [-0.4, -0.2) is 12.8 Å². The van der Waals surface area contributed by atoms with Crippen LogP contribution in [0, 0.1) is 11.8 Å². The molecular formula is C8H10N2O. The van der Waals surface area contributed by atoms with E-state index in [2.05, 4.69) is 10.9 Å². The summed E-state index contributed by atoms with van der Waals surface area (Å²) in [4.78, 5) is 10.6. The van der Waals surface area contributed by atoms with E-state index in [0.29, 0.717) is 5.92 Å². The number of aldehydes is 1. The van der Waals surface area contributed by atoms with E-state index in [1.165, 1.54) is 0 Å². The second kappa shape index (κ2) is 2.51. The molecule has 0 aromatic rings. The van der Waals surface area contributed by atoms with Crippen LogP contribution >= 0.6 is 0 Å². The van der Waals surface area contributed by atoms with Crippen LogP contribution in [0.2, 0.25) is 0 Å². The van der Waals surface area contributed by atoms with Gasteiger partial charge in [-0.15, -0.1) is 0 Å². The van der Waals surface area contributed by atoms with Crippen molar-refractivity contribution in [2.45, 2.75) is 0 Å². The molecule has 2 rings (SSSR count). The Morgan fingerprint density at radius 1 is 1.64 bits per heavy atom. The number of carbonyl (C=O) groups is 1. The van der Waals surface area contributed by atoms with E-state index in [0.717, 1.165) is 18.5 Å². The van der Waals surface area contributed by atoms with Gasteiger partial charge < -0.3 is 10.2 Å². The van der Waals surface area contributed by atoms with Crippen molar-refractivity contribution >= 4 is 6.29 Å². The topological polar surface area (TPSA) is 41.1 Å². The highest BCUT2D eigenvalue weighted by atomic mass is 16.1. The molecule has 0 saturated carbocycles. The standard InChI is InChI=1S/C8H10N2O/c11-5-6-2-1-3-8-7(6)4-9-10-8/h1-3,5-7,9-10H,4H2. The molecule has 0 aromatic carbocycles. The highest BCUT2D eigenvalue weighted by molar-refractivity contribution is 5.59. The highest BCUT2D eigenvalue weighted by Crippen LogP contribution is 2.24. The quantitative estimate of drug-likeness (QED) is 0.516. The van der Waals surface area contributed by atoms with Gasteiger partial charge in [-0.2, -0.15) is 0 Å². The average molecular weight is 150 g/mol. The Morgan fingerprint density at radius 3 is 3.36 bits per heavy atom. The van der Waals surface area contributed by atoms with Gasteiger partial charge in [-0.05, 0) is 6.08 Å². The van der Waals surface area contributed by atoms with Gasteiger partial charge in [0, 0.05) is 24.1 Å². The Balaban J connectivity index is 2.24. The van der Waals surface area contributed by atoms with Crippen molar-refractivity contribution < 1.29 is 4.79 Å². The molecule has 2 N–H and O–H groups in total. The molecular weight excluding hydrogens is 140 g/mol. The predicted molar refractivity (Wildman–Crippen MR) is 41.4 cm³/mol. The Bertz CT molecular complexity index is 232. The zero-order valence-corrected chi connectivity index (χ0v) is 6.08. The SMILES string of the molecule is O=CC1C=CC=C2NNCC21. The highest BCUT2D eigenvalue weighted by Gasteiger charge is 2.28. The molecule has 11 heavy (non-hydrogen) atoms. The summed E-state index contributed by atoms with van der Waals surface area (Å²) >= 11 is 0. The molecule has 1 aliphatic heterocycles. The molecule has 1 heterocycles. The fourth-order valence-corrected chi connectivity index (χ4v) is 1.54. The van der Waals surface area contributed by atoms with E-state index in [9.17, 15) is 4.79 Å². The van der Waals surface area contributed by atoms with Gasteiger partial charge >= 0.3 is 0 Å². The van der Waals surface area contributed by atoms with Gasteiger partial charge in [0.1, 0.15) is 6.29 Å². The lowest BCUT2D eigenvalue weighted by atomic mass is 9.88. The molecule has 1 aliphatic carbocycles. The van der Waals surface area contributed by atoms with E-state index in [-0.39, 0.29) is 5.92 Å². The van der Waals surface area contributed by atoms with Gasteiger partial charge in [0.05, 0.1) is 0 Å². The van der Waals surface area contributed by atoms with Gasteiger partial charge in [-0.1, -0.05) is 12.2 Å². The van der Waals surface area contributed by atoms with E-state index in [4.69, 9.17) is 0 Å². The molecule has 3 nitrogen and oxygen atoms in total. The van der Waals surface area contributed by atoms with Crippen LogP contribution in [0.4, 0.5) is 0 Å². The molecule has 0 amide bonds. The lowest BCUT2D eigenvalue weighted by Crippen LogP contribution is -2.20. The number of fused-ring (bicyclic) bond motifs is 1. The lowest BCUT2D eigenvalue weighted by molar-refractivity contribution is -0.110. The van der Waals surface area contributed by atoms with E-state index < -0.39 is 0 Å². The summed E-state index contributed by atoms with van der Waals surface area (Å²) in [6.45, 7) is 0.847. The molecule has 0 spiro atoms. The Hall–Kier alpha value is -1.09. The third kappa shape index (κ3) is 0.973. The summed E-state index contributed by atoms with van der Waals surface area (Å²) in [5.74, 6) is 0.384. The molecule has 3 heteroatoms. The van der Waals surface area contributed by atoms with Crippen LogP contribution in [0.15, 0.2) is 23.9 Å². The molecule has 1 fully saturated rings. The fraction of sp³-hybridized carbons (Fsp3) is 0.375. The monoisotopic (exact) mass is 150 g/mol. The molecule has 2 unspecified atom stereocenters. The van der Waals surface area contributed by atoms with Crippen LogP contribution in [0.5, 0.6) is 0 Å². The lowest BCUT2D eigenvalue weighted by Gasteiger charge is -2.16. The third-order valence-corrected chi connectivity index (χ3v) is 2.19. The number of carbonyl (C=O) groups excluding carboxylic acids is 1. The van der Waals surface area contributed by atoms with Crippen molar-refractivity contribution in [3.63, 3.8) is 0 Å². The first kappa shape index (κ1) is 6.61. The Kier molecular flexibility index (Phi) is 1.51. The maximum absolute atomic E-state index is 10.6. The van der Waals surface area contributed by atoms with Crippen molar-refractivity contribution in [2.75, 3.05) is 6.54 Å². The van der Waals surface area contributed by atoms with Gasteiger partial charge in [-0.3, -0.25) is 0 Å². The summed E-state index contributed by atoms with van der Waals surface area (Å²) in [6, 6.07) is 0. The minimum Gasteiger partial charge on any atom is -0.325 e. The zero-order chi connectivity index (χ0) is 7.68. The van der Waals surface area contributed by atoms with Crippen molar-refractivity contribution in [1.82, 2.24) is 10.9 Å². The maximum Gasteiger partial charge on any atom is 0.127 e. The van der Waals surface area contributed by atoms with Crippen LogP contribution in [-0.2, 0) is 4.79 Å². The predicted octanol–water partition coefficient (Wildman–Crippen LogP) is -0.0208. The Labute approximate surface area is 65.1 Å². The number of hydrogen-bond donors (Lipinski definition) is 2. The summed E-state index contributed by atoms with van der Waals surface area (Å²) in [7, 11) is 0. The molecule has 58 valence electrons. The van der Waals surface area contributed by atoms with Gasteiger partial charge in [0.25, 0.3) is 0 Å². The number of rotatable bonds is 1. The van der Waals surface area contributed by atoms with Crippen molar-refractivity contribution in [3.8, 4) is 0 Å². The minimum absolute atomic E-state index is 0.0532. The fourth-order valence-electron chi connectivity index (χ4n) is 1.54. The largest absolute Gasteiger partial charge is 0.325 e. The summed E-state index contributed by atoms with van der Waals surface area (Å²) < 4.78 is 0. The molecule has 1 saturated heterocycles. The average Bonchev–Trinajstić information content (AvgIpc) is 2.50. The summed E-state index contributed by atoms with van der Waals surface area (Å²) in [5.41, 5.74) is 7.16. The van der Waals surface area contributed by atoms with Crippen molar-refractivity contribution in [3.05, 3.63) is 23.9 Å². The second-order valence-corrected chi connectivity index (χ2v) is 2.83. The first-order valence-electron chi connectivity index (χ1n) is 3.74. The van der Waals surface area contributed by atoms with E-state index in [1.807, 2.05) is 18.2 Å². The molecule has 2 atom stereocenters. The maximum atomic E-state index is 10.6. The number of nitrogens with one attached hydrogen (secondary N) is 2. The first-order chi connectivity index (χ1) is 5.42. The normalized spacial score (nSPS) is 34.0. The Morgan fingerprint density at radius 2 is 2.55 bits per heavy atom. The summed E-state index contributed by atoms with van der Waals surface area (Å²) in [5, 5.41) is 0. The van der Waals surface area contributed by atoms with E-state index in [1.54, 1.807) is 0 Å². The zero-order valence-electron chi connectivity index (χ0n) is 6.08. The van der Waals surface area contributed by atoms with Crippen molar-refractivity contribution in [2.24, 2.45) is 11.8 Å². The van der Waals surface area contributed by atoms with Gasteiger partial charge in [0.15, 0.2) is 0 Å². The van der Waals surface area contributed by atoms with Crippen LogP contribution < -0.4 is 10.9 Å². The van der Waals surface area contributed by atoms with E-state index >= 15 is 0 Å². The number of allylic oxidation sites excluding steroid dienone is 3. The van der Waals surface area contributed by atoms with Crippen LogP contribution in [0.3, 0.4) is 0 Å². The third-order valence-electron chi connectivity index (χ3n) is 2.19. The first-order valence-corrected chi connectivity index (χ1v) is 3.74. The smallest absolute Gasteiger partial charge is 0.127 e. The summed E-state index contributed by atoms with van der Waals surface area (Å²) in [6.07, 6.45) is 6.87. The second-order valence-electron chi connectivity index (χ2n) is 2.83. The minimum atomic E-state index is 0.0532. The number of hydrogen-bond acceptors (Lipinski definition) is 3.